The lowest BCUT2D eigenvalue weighted by Crippen LogP contribution is -2.30. The van der Waals surface area contributed by atoms with Crippen LogP contribution in [0, 0.1) is 0 Å². The highest BCUT2D eigenvalue weighted by Crippen LogP contribution is 2.14. The zero-order chi connectivity index (χ0) is 14.6. The van der Waals surface area contributed by atoms with Gasteiger partial charge in [0.15, 0.2) is 5.78 Å². The third kappa shape index (κ3) is 5.34. The molecule has 0 saturated carbocycles. The van der Waals surface area contributed by atoms with Gasteiger partial charge in [0.25, 0.3) is 0 Å². The molecule has 0 bridgehead atoms. The summed E-state index contributed by atoms with van der Waals surface area (Å²) in [6.07, 6.45) is -0.481. The maximum Gasteiger partial charge on any atom is 0.375 e. The van der Waals surface area contributed by atoms with Crippen molar-refractivity contribution in [2.24, 2.45) is 0 Å². The van der Waals surface area contributed by atoms with Crippen LogP contribution in [0.15, 0.2) is 28.7 Å². The smallest absolute Gasteiger partial charge is 0.375 e. The number of Topliss-reactive ketones (excluding diaryl/α,β-unsaturated/α-hetero) is 2. The molecule has 1 aromatic carbocycles. The van der Waals surface area contributed by atoms with Gasteiger partial charge in [-0.1, -0.05) is 28.1 Å². The summed E-state index contributed by atoms with van der Waals surface area (Å²) in [6, 6.07) is 6.65. The highest BCUT2D eigenvalue weighted by Gasteiger charge is 2.25. The zero-order valence-electron chi connectivity index (χ0n) is 11.0. The topological polar surface area (TPSA) is 60.4 Å². The molecule has 0 radical (unpaired) electrons. The van der Waals surface area contributed by atoms with Gasteiger partial charge in [0.2, 0.25) is 5.78 Å². The predicted octanol–water partition coefficient (Wildman–Crippen LogP) is 2.93. The van der Waals surface area contributed by atoms with Crippen molar-refractivity contribution in [3.63, 3.8) is 0 Å². The summed E-state index contributed by atoms with van der Waals surface area (Å²) in [5.74, 6) is -2.21. The van der Waals surface area contributed by atoms with Crippen LogP contribution in [0.2, 0.25) is 0 Å². The Morgan fingerprint density at radius 3 is 2.37 bits per heavy atom. The van der Waals surface area contributed by atoms with Crippen LogP contribution in [0.1, 0.15) is 37.6 Å². The Kier molecular flexibility index (Phi) is 5.00. The number of ketones is 2. The second kappa shape index (κ2) is 6.10. The number of carbonyl (C=O) groups is 3. The summed E-state index contributed by atoms with van der Waals surface area (Å²) in [5, 5.41) is 0. The van der Waals surface area contributed by atoms with Gasteiger partial charge in [0, 0.05) is 10.0 Å². The third-order valence-electron chi connectivity index (χ3n) is 2.09. The first-order chi connectivity index (χ1) is 8.69. The normalized spacial score (nSPS) is 10.9. The quantitative estimate of drug-likeness (QED) is 0.369. The highest BCUT2D eigenvalue weighted by atomic mass is 79.9. The highest BCUT2D eigenvalue weighted by molar-refractivity contribution is 9.10. The summed E-state index contributed by atoms with van der Waals surface area (Å²) in [5.41, 5.74) is -0.364. The monoisotopic (exact) mass is 326 g/mol. The predicted molar refractivity (Wildman–Crippen MR) is 73.9 cm³/mol. The van der Waals surface area contributed by atoms with Crippen LogP contribution in [0.5, 0.6) is 0 Å². The van der Waals surface area contributed by atoms with Crippen molar-refractivity contribution in [3.8, 4) is 0 Å². The standard InChI is InChI=1S/C14H15BrO4/c1-14(2,3)19-13(18)12(17)8-11(16)9-5-4-6-10(15)7-9/h4-7H,8H2,1-3H3. The minimum Gasteiger partial charge on any atom is -0.454 e. The van der Waals surface area contributed by atoms with E-state index in [1.54, 1.807) is 45.0 Å². The van der Waals surface area contributed by atoms with E-state index in [-0.39, 0.29) is 0 Å². The van der Waals surface area contributed by atoms with Crippen LogP contribution < -0.4 is 0 Å². The van der Waals surface area contributed by atoms with Crippen molar-refractivity contribution in [2.75, 3.05) is 0 Å². The van der Waals surface area contributed by atoms with E-state index in [1.807, 2.05) is 0 Å². The van der Waals surface area contributed by atoms with E-state index in [9.17, 15) is 14.4 Å². The summed E-state index contributed by atoms with van der Waals surface area (Å²) in [4.78, 5) is 34.9. The Balaban J connectivity index is 2.67. The van der Waals surface area contributed by atoms with Crippen LogP contribution in [0.25, 0.3) is 0 Å². The Hall–Kier alpha value is -1.49. The van der Waals surface area contributed by atoms with Crippen LogP contribution in [-0.4, -0.2) is 23.1 Å². The number of rotatable bonds is 4. The maximum atomic E-state index is 11.8. The first-order valence-electron chi connectivity index (χ1n) is 5.74. The number of hydrogen-bond acceptors (Lipinski definition) is 4. The van der Waals surface area contributed by atoms with Crippen LogP contribution in [-0.2, 0) is 14.3 Å². The summed E-state index contributed by atoms with van der Waals surface area (Å²) in [7, 11) is 0. The molecule has 4 nitrogen and oxygen atoms in total. The molecule has 19 heavy (non-hydrogen) atoms. The Morgan fingerprint density at radius 2 is 1.84 bits per heavy atom. The fraction of sp³-hybridized carbons (Fsp3) is 0.357. The number of benzene rings is 1. The molecule has 1 rings (SSSR count). The zero-order valence-corrected chi connectivity index (χ0v) is 12.6. The van der Waals surface area contributed by atoms with Crippen LogP contribution in [0.3, 0.4) is 0 Å². The number of ether oxygens (including phenoxy) is 1. The molecule has 0 aromatic heterocycles. The lowest BCUT2D eigenvalue weighted by atomic mass is 10.1. The van der Waals surface area contributed by atoms with Crippen LogP contribution in [0.4, 0.5) is 0 Å². The second-order valence-corrected chi connectivity index (χ2v) is 5.95. The molecule has 0 N–H and O–H groups in total. The Labute approximate surface area is 120 Å². The van der Waals surface area contributed by atoms with Crippen molar-refractivity contribution < 1.29 is 19.1 Å². The molecular weight excluding hydrogens is 312 g/mol. The van der Waals surface area contributed by atoms with Gasteiger partial charge in [-0.2, -0.15) is 0 Å². The van der Waals surface area contributed by atoms with Crippen molar-refractivity contribution in [3.05, 3.63) is 34.3 Å². The second-order valence-electron chi connectivity index (χ2n) is 5.04. The van der Waals surface area contributed by atoms with Gasteiger partial charge < -0.3 is 4.74 Å². The minimum absolute atomic E-state index is 0.381. The largest absolute Gasteiger partial charge is 0.454 e. The van der Waals surface area contributed by atoms with Crippen molar-refractivity contribution >= 4 is 33.5 Å². The van der Waals surface area contributed by atoms with E-state index >= 15 is 0 Å². The molecule has 0 aliphatic heterocycles. The fourth-order valence-electron chi connectivity index (χ4n) is 1.32. The molecule has 0 fully saturated rings. The molecule has 5 heteroatoms. The average molecular weight is 327 g/mol. The van der Waals surface area contributed by atoms with Gasteiger partial charge in [0.1, 0.15) is 5.60 Å². The molecule has 1 aromatic rings. The van der Waals surface area contributed by atoms with Crippen molar-refractivity contribution in [1.29, 1.82) is 0 Å². The molecule has 0 spiro atoms. The first-order valence-corrected chi connectivity index (χ1v) is 6.53. The molecule has 0 saturated heterocycles. The lowest BCUT2D eigenvalue weighted by molar-refractivity contribution is -0.162. The minimum atomic E-state index is -0.976. The number of carbonyl (C=O) groups excluding carboxylic acids is 3. The Morgan fingerprint density at radius 1 is 1.21 bits per heavy atom. The van der Waals surface area contributed by atoms with Gasteiger partial charge >= 0.3 is 5.97 Å². The van der Waals surface area contributed by atoms with Crippen molar-refractivity contribution in [1.82, 2.24) is 0 Å². The van der Waals surface area contributed by atoms with Gasteiger partial charge in [-0.15, -0.1) is 0 Å². The van der Waals surface area contributed by atoms with Crippen molar-refractivity contribution in [2.45, 2.75) is 32.8 Å². The van der Waals surface area contributed by atoms with E-state index in [4.69, 9.17) is 4.74 Å². The van der Waals surface area contributed by atoms with E-state index < -0.39 is 29.6 Å². The van der Waals surface area contributed by atoms with Gasteiger partial charge in [-0.25, -0.2) is 4.79 Å². The molecule has 0 aliphatic carbocycles. The number of hydrogen-bond donors (Lipinski definition) is 0. The molecule has 0 amide bonds. The SMILES string of the molecule is CC(C)(C)OC(=O)C(=O)CC(=O)c1cccc(Br)c1. The molecular formula is C14H15BrO4. The molecule has 0 aliphatic rings. The van der Waals surface area contributed by atoms with Gasteiger partial charge in [0.05, 0.1) is 6.42 Å². The van der Waals surface area contributed by atoms with E-state index in [2.05, 4.69) is 15.9 Å². The van der Waals surface area contributed by atoms with Crippen LogP contribution >= 0.6 is 15.9 Å². The molecule has 0 unspecified atom stereocenters. The molecule has 0 atom stereocenters. The first kappa shape index (κ1) is 15.6. The van der Waals surface area contributed by atoms with Gasteiger partial charge in [-0.3, -0.25) is 9.59 Å². The average Bonchev–Trinajstić information content (AvgIpc) is 2.26. The maximum absolute atomic E-state index is 11.8. The van der Waals surface area contributed by atoms with E-state index in [0.717, 1.165) is 4.47 Å². The molecule has 102 valence electrons. The Bertz CT molecular complexity index is 514. The van der Waals surface area contributed by atoms with Gasteiger partial charge in [-0.05, 0) is 32.9 Å². The lowest BCUT2D eigenvalue weighted by Gasteiger charge is -2.18. The molecule has 0 heterocycles. The van der Waals surface area contributed by atoms with E-state index in [1.165, 1.54) is 0 Å². The number of halogens is 1. The fourth-order valence-corrected chi connectivity index (χ4v) is 1.72. The number of esters is 1. The summed E-state index contributed by atoms with van der Waals surface area (Å²) >= 11 is 3.24. The summed E-state index contributed by atoms with van der Waals surface area (Å²) < 4.78 is 5.65. The van der Waals surface area contributed by atoms with E-state index in [0.29, 0.717) is 5.56 Å². The summed E-state index contributed by atoms with van der Waals surface area (Å²) in [6.45, 7) is 4.98. The third-order valence-corrected chi connectivity index (χ3v) is 2.59.